The summed E-state index contributed by atoms with van der Waals surface area (Å²) >= 11 is 12.7. The number of carbonyl (C=O) groups is 1. The highest BCUT2D eigenvalue weighted by atomic mass is 35.5. The molecule has 3 aromatic carbocycles. The van der Waals surface area contributed by atoms with Crippen molar-refractivity contribution in [3.63, 3.8) is 0 Å². The van der Waals surface area contributed by atoms with E-state index in [0.717, 1.165) is 22.0 Å². The summed E-state index contributed by atoms with van der Waals surface area (Å²) in [4.78, 5) is 15.2. The van der Waals surface area contributed by atoms with Crippen LogP contribution in [-0.4, -0.2) is 10.2 Å². The molecule has 0 atom stereocenters. The van der Waals surface area contributed by atoms with Crippen molar-refractivity contribution in [3.05, 3.63) is 82.2 Å². The molecule has 2 nitrogen and oxygen atoms in total. The van der Waals surface area contributed by atoms with Gasteiger partial charge in [0.2, 0.25) is 0 Å². The predicted molar refractivity (Wildman–Crippen MR) is 111 cm³/mol. The molecule has 1 aliphatic rings. The number of thiocarbonyl (C=S) groups is 1. The molecule has 0 saturated carbocycles. The van der Waals surface area contributed by atoms with Gasteiger partial charge in [-0.15, -0.1) is 0 Å². The van der Waals surface area contributed by atoms with Gasteiger partial charge in [-0.1, -0.05) is 84.1 Å². The number of thioether (sulfide) groups is 1. The van der Waals surface area contributed by atoms with Gasteiger partial charge in [0.05, 0.1) is 10.6 Å². The van der Waals surface area contributed by atoms with E-state index in [4.69, 9.17) is 23.8 Å². The van der Waals surface area contributed by atoms with Crippen molar-refractivity contribution in [3.8, 4) is 0 Å². The number of carbonyl (C=O) groups excluding carboxylic acids is 1. The quantitative estimate of drug-likeness (QED) is 0.407. The molecule has 122 valence electrons. The molecule has 1 saturated heterocycles. The van der Waals surface area contributed by atoms with Crippen LogP contribution in [0.1, 0.15) is 5.56 Å². The standard InChI is InChI=1S/C20H12ClNOS2/c21-15-10-8-13(9-11-15)12-18-19(23)22(20(24)25-18)17-7-3-5-14-4-1-2-6-16(14)17/h1-12H/b18-12+. The first-order valence-corrected chi connectivity index (χ1v) is 9.25. The Bertz CT molecular complexity index is 1020. The molecule has 1 aliphatic heterocycles. The summed E-state index contributed by atoms with van der Waals surface area (Å²) < 4.78 is 0.543. The van der Waals surface area contributed by atoms with Gasteiger partial charge in [-0.3, -0.25) is 9.69 Å². The molecule has 0 N–H and O–H groups in total. The molecule has 0 aromatic heterocycles. The molecule has 25 heavy (non-hydrogen) atoms. The van der Waals surface area contributed by atoms with E-state index in [-0.39, 0.29) is 5.91 Å². The van der Waals surface area contributed by atoms with Crippen molar-refractivity contribution >= 4 is 68.3 Å². The third-order valence-electron chi connectivity index (χ3n) is 3.97. The van der Waals surface area contributed by atoms with Gasteiger partial charge in [0.15, 0.2) is 4.32 Å². The number of rotatable bonds is 2. The van der Waals surface area contributed by atoms with Crippen molar-refractivity contribution in [2.75, 3.05) is 4.90 Å². The van der Waals surface area contributed by atoms with Crippen molar-refractivity contribution in [1.29, 1.82) is 0 Å². The minimum Gasteiger partial charge on any atom is -0.268 e. The van der Waals surface area contributed by atoms with Gasteiger partial charge in [0.1, 0.15) is 0 Å². The smallest absolute Gasteiger partial charge is 0.268 e. The summed E-state index contributed by atoms with van der Waals surface area (Å²) in [5, 5.41) is 2.75. The monoisotopic (exact) mass is 381 g/mol. The lowest BCUT2D eigenvalue weighted by atomic mass is 10.1. The van der Waals surface area contributed by atoms with Crippen LogP contribution in [0.15, 0.2) is 71.6 Å². The number of nitrogens with zero attached hydrogens (tertiary/aromatic N) is 1. The topological polar surface area (TPSA) is 20.3 Å². The van der Waals surface area contributed by atoms with E-state index in [1.165, 1.54) is 11.8 Å². The van der Waals surface area contributed by atoms with Gasteiger partial charge < -0.3 is 0 Å². The maximum Gasteiger partial charge on any atom is 0.270 e. The molecule has 5 heteroatoms. The van der Waals surface area contributed by atoms with Gasteiger partial charge in [0.25, 0.3) is 5.91 Å². The van der Waals surface area contributed by atoms with Crippen LogP contribution in [0.2, 0.25) is 5.02 Å². The SMILES string of the molecule is O=C1/C(=C\c2ccc(Cl)cc2)SC(=S)N1c1cccc2ccccc12. The van der Waals surface area contributed by atoms with Gasteiger partial charge in [-0.2, -0.15) is 0 Å². The second-order valence-electron chi connectivity index (χ2n) is 5.57. The molecule has 1 fully saturated rings. The first kappa shape index (κ1) is 16.3. The van der Waals surface area contributed by atoms with E-state index in [9.17, 15) is 4.79 Å². The first-order valence-electron chi connectivity index (χ1n) is 7.65. The minimum atomic E-state index is -0.0960. The van der Waals surface area contributed by atoms with Crippen molar-refractivity contribution in [1.82, 2.24) is 0 Å². The van der Waals surface area contributed by atoms with Gasteiger partial charge in [-0.05, 0) is 35.2 Å². The Morgan fingerprint density at radius 3 is 2.48 bits per heavy atom. The summed E-state index contributed by atoms with van der Waals surface area (Å²) in [6.07, 6.45) is 1.85. The molecule has 0 aliphatic carbocycles. The largest absolute Gasteiger partial charge is 0.270 e. The molecule has 0 spiro atoms. The normalized spacial score (nSPS) is 16.2. The summed E-state index contributed by atoms with van der Waals surface area (Å²) in [5.74, 6) is -0.0960. The van der Waals surface area contributed by atoms with E-state index in [2.05, 4.69) is 0 Å². The third kappa shape index (κ3) is 3.09. The Labute approximate surface area is 160 Å². The highest BCUT2D eigenvalue weighted by Crippen LogP contribution is 2.38. The maximum atomic E-state index is 13.0. The fourth-order valence-electron chi connectivity index (χ4n) is 2.79. The first-order chi connectivity index (χ1) is 12.1. The number of hydrogen-bond donors (Lipinski definition) is 0. The Hall–Kier alpha value is -2.14. The summed E-state index contributed by atoms with van der Waals surface area (Å²) in [6, 6.07) is 21.3. The van der Waals surface area contributed by atoms with Crippen molar-refractivity contribution in [2.45, 2.75) is 0 Å². The average Bonchev–Trinajstić information content (AvgIpc) is 2.90. The number of anilines is 1. The molecule has 4 rings (SSSR count). The lowest BCUT2D eigenvalue weighted by Crippen LogP contribution is -2.27. The van der Waals surface area contributed by atoms with Gasteiger partial charge >= 0.3 is 0 Å². The number of fused-ring (bicyclic) bond motifs is 1. The van der Waals surface area contributed by atoms with E-state index in [0.29, 0.717) is 14.2 Å². The highest BCUT2D eigenvalue weighted by Gasteiger charge is 2.34. The Balaban J connectivity index is 1.75. The van der Waals surface area contributed by atoms with Crippen LogP contribution in [0, 0.1) is 0 Å². The van der Waals surface area contributed by atoms with E-state index in [1.54, 1.807) is 17.0 Å². The van der Waals surface area contributed by atoms with Gasteiger partial charge in [-0.25, -0.2) is 0 Å². The van der Waals surface area contributed by atoms with E-state index < -0.39 is 0 Å². The zero-order valence-electron chi connectivity index (χ0n) is 13.0. The fraction of sp³-hybridized carbons (Fsp3) is 0. The number of amides is 1. The molecule has 1 amide bonds. The predicted octanol–water partition coefficient (Wildman–Crippen LogP) is 5.90. The van der Waals surface area contributed by atoms with Crippen molar-refractivity contribution in [2.24, 2.45) is 0 Å². The molecule has 0 radical (unpaired) electrons. The van der Waals surface area contributed by atoms with Crippen LogP contribution in [-0.2, 0) is 4.79 Å². The summed E-state index contributed by atoms with van der Waals surface area (Å²) in [6.45, 7) is 0. The Kier molecular flexibility index (Phi) is 4.34. The molecule has 3 aromatic rings. The maximum absolute atomic E-state index is 13.0. The lowest BCUT2D eigenvalue weighted by molar-refractivity contribution is -0.113. The molecular formula is C20H12ClNOS2. The summed E-state index contributed by atoms with van der Waals surface area (Å²) in [5.41, 5.74) is 1.74. The average molecular weight is 382 g/mol. The summed E-state index contributed by atoms with van der Waals surface area (Å²) in [7, 11) is 0. The second kappa shape index (κ2) is 6.64. The van der Waals surface area contributed by atoms with Crippen LogP contribution in [0.25, 0.3) is 16.8 Å². The zero-order valence-corrected chi connectivity index (χ0v) is 15.4. The molecule has 0 unspecified atom stereocenters. The van der Waals surface area contributed by atoms with Crippen LogP contribution in [0.4, 0.5) is 5.69 Å². The van der Waals surface area contributed by atoms with Crippen LogP contribution < -0.4 is 4.90 Å². The van der Waals surface area contributed by atoms with E-state index >= 15 is 0 Å². The molecule has 0 bridgehead atoms. The van der Waals surface area contributed by atoms with Crippen LogP contribution in [0.5, 0.6) is 0 Å². The molecule has 1 heterocycles. The Morgan fingerprint density at radius 1 is 0.960 bits per heavy atom. The fourth-order valence-corrected chi connectivity index (χ4v) is 4.20. The zero-order chi connectivity index (χ0) is 17.4. The number of hydrogen-bond acceptors (Lipinski definition) is 3. The molecular weight excluding hydrogens is 370 g/mol. The second-order valence-corrected chi connectivity index (χ2v) is 7.68. The van der Waals surface area contributed by atoms with E-state index in [1.807, 2.05) is 60.7 Å². The highest BCUT2D eigenvalue weighted by molar-refractivity contribution is 8.27. The minimum absolute atomic E-state index is 0.0960. The number of benzene rings is 3. The van der Waals surface area contributed by atoms with Gasteiger partial charge in [0, 0.05) is 10.4 Å². The van der Waals surface area contributed by atoms with Crippen LogP contribution >= 0.6 is 35.6 Å². The Morgan fingerprint density at radius 2 is 1.68 bits per heavy atom. The third-order valence-corrected chi connectivity index (χ3v) is 5.52. The lowest BCUT2D eigenvalue weighted by Gasteiger charge is -2.17. The van der Waals surface area contributed by atoms with Crippen molar-refractivity contribution < 1.29 is 4.79 Å². The van der Waals surface area contributed by atoms with Crippen LogP contribution in [0.3, 0.4) is 0 Å². The number of halogens is 1.